The first-order valence-corrected chi connectivity index (χ1v) is 11.0. The zero-order valence-corrected chi connectivity index (χ0v) is 16.3. The molecule has 0 bridgehead atoms. The third-order valence-electron chi connectivity index (χ3n) is 6.70. The number of rotatable bonds is 5. The molecule has 4 heteroatoms. The highest BCUT2D eigenvalue weighted by atomic mass is 32.2. The van der Waals surface area contributed by atoms with E-state index in [2.05, 4.69) is 36.4 Å². The second kappa shape index (κ2) is 5.84. The number of hydrogen-bond donors (Lipinski definition) is 1. The Bertz CT molecular complexity index is 1120. The normalized spacial score (nSPS) is 24.8. The van der Waals surface area contributed by atoms with Gasteiger partial charge in [0.2, 0.25) is 0 Å². The molecule has 0 amide bonds. The van der Waals surface area contributed by atoms with Crippen molar-refractivity contribution in [1.29, 1.82) is 0 Å². The summed E-state index contributed by atoms with van der Waals surface area (Å²) >= 11 is 1.87. The van der Waals surface area contributed by atoms with E-state index >= 15 is 0 Å². The molecule has 3 aliphatic carbocycles. The second-order valence-corrected chi connectivity index (χ2v) is 9.54. The zero-order chi connectivity index (χ0) is 18.9. The molecular formula is C24H21NO2S. The molecule has 3 aliphatic rings. The fourth-order valence-corrected chi connectivity index (χ4v) is 6.16. The van der Waals surface area contributed by atoms with Crippen LogP contribution in [0, 0.1) is 5.41 Å². The van der Waals surface area contributed by atoms with Crippen LogP contribution < -0.4 is 0 Å². The van der Waals surface area contributed by atoms with Crippen molar-refractivity contribution < 1.29 is 9.90 Å². The van der Waals surface area contributed by atoms with E-state index in [9.17, 15) is 9.90 Å². The minimum atomic E-state index is -0.631. The van der Waals surface area contributed by atoms with E-state index in [1.165, 1.54) is 45.5 Å². The molecular weight excluding hydrogens is 366 g/mol. The van der Waals surface area contributed by atoms with Gasteiger partial charge in [0.1, 0.15) is 0 Å². The van der Waals surface area contributed by atoms with E-state index < -0.39 is 11.4 Å². The fourth-order valence-electron chi connectivity index (χ4n) is 4.90. The number of aromatic nitrogens is 1. The van der Waals surface area contributed by atoms with Gasteiger partial charge in [-0.25, -0.2) is 0 Å². The van der Waals surface area contributed by atoms with Crippen LogP contribution in [0.5, 0.6) is 0 Å². The third-order valence-corrected chi connectivity index (χ3v) is 7.90. The third kappa shape index (κ3) is 2.44. The molecule has 3 nitrogen and oxygen atoms in total. The SMILES string of the molecule is O=C(O)C12Cc3cc4cnc(C5CC5)cc4c(SCc4ccccc4)c3C1C2. The van der Waals surface area contributed by atoms with Crippen LogP contribution in [0.15, 0.2) is 53.6 Å². The van der Waals surface area contributed by atoms with Crippen molar-refractivity contribution in [3.8, 4) is 0 Å². The molecule has 2 unspecified atom stereocenters. The van der Waals surface area contributed by atoms with Crippen LogP contribution in [0.1, 0.15) is 53.5 Å². The van der Waals surface area contributed by atoms with Crippen LogP contribution in [0.4, 0.5) is 0 Å². The lowest BCUT2D eigenvalue weighted by atomic mass is 9.98. The molecule has 0 aliphatic heterocycles. The van der Waals surface area contributed by atoms with E-state index in [-0.39, 0.29) is 5.92 Å². The molecule has 2 aromatic carbocycles. The van der Waals surface area contributed by atoms with E-state index in [0.717, 1.165) is 17.6 Å². The van der Waals surface area contributed by atoms with Crippen LogP contribution >= 0.6 is 11.8 Å². The molecule has 2 atom stereocenters. The first-order chi connectivity index (χ1) is 13.7. The van der Waals surface area contributed by atoms with Crippen molar-refractivity contribution in [2.75, 3.05) is 0 Å². The molecule has 1 heterocycles. The van der Waals surface area contributed by atoms with Crippen molar-refractivity contribution in [3.05, 3.63) is 71.0 Å². The topological polar surface area (TPSA) is 50.2 Å². The second-order valence-electron chi connectivity index (χ2n) is 8.55. The molecule has 1 aromatic heterocycles. The van der Waals surface area contributed by atoms with Crippen molar-refractivity contribution >= 4 is 28.5 Å². The summed E-state index contributed by atoms with van der Waals surface area (Å²) in [6.07, 6.45) is 5.94. The number of fused-ring (bicyclic) bond motifs is 4. The van der Waals surface area contributed by atoms with Gasteiger partial charge in [-0.15, -0.1) is 11.8 Å². The van der Waals surface area contributed by atoms with E-state index in [0.29, 0.717) is 12.3 Å². The highest BCUT2D eigenvalue weighted by Crippen LogP contribution is 2.69. The van der Waals surface area contributed by atoms with Crippen molar-refractivity contribution in [2.45, 2.75) is 48.2 Å². The molecule has 0 radical (unpaired) electrons. The highest BCUT2D eigenvalue weighted by Gasteiger charge is 2.65. The Kier molecular flexibility index (Phi) is 3.46. The van der Waals surface area contributed by atoms with E-state index in [4.69, 9.17) is 4.98 Å². The number of thioether (sulfide) groups is 1. The first-order valence-electron chi connectivity index (χ1n) is 10.0. The summed E-state index contributed by atoms with van der Waals surface area (Å²) in [5.74, 6) is 1.07. The van der Waals surface area contributed by atoms with Crippen molar-refractivity contribution in [2.24, 2.45) is 5.41 Å². The van der Waals surface area contributed by atoms with Gasteiger partial charge in [0.05, 0.1) is 5.41 Å². The summed E-state index contributed by atoms with van der Waals surface area (Å²) in [6, 6.07) is 15.0. The Morgan fingerprint density at radius 2 is 2.04 bits per heavy atom. The zero-order valence-electron chi connectivity index (χ0n) is 15.5. The smallest absolute Gasteiger partial charge is 0.310 e. The lowest BCUT2D eigenvalue weighted by Gasteiger charge is -2.15. The number of pyridine rings is 1. The van der Waals surface area contributed by atoms with Crippen molar-refractivity contribution in [1.82, 2.24) is 4.98 Å². The fraction of sp³-hybridized carbons (Fsp3) is 0.333. The first kappa shape index (κ1) is 16.6. The summed E-state index contributed by atoms with van der Waals surface area (Å²) < 4.78 is 0. The predicted molar refractivity (Wildman–Crippen MR) is 111 cm³/mol. The maximum Gasteiger partial charge on any atom is 0.310 e. The highest BCUT2D eigenvalue weighted by molar-refractivity contribution is 7.98. The van der Waals surface area contributed by atoms with E-state index in [1.807, 2.05) is 24.0 Å². The van der Waals surface area contributed by atoms with Gasteiger partial charge in [-0.3, -0.25) is 9.78 Å². The summed E-state index contributed by atoms with van der Waals surface area (Å²) in [6.45, 7) is 0. The largest absolute Gasteiger partial charge is 0.481 e. The minimum absolute atomic E-state index is 0.181. The molecule has 140 valence electrons. The van der Waals surface area contributed by atoms with Gasteiger partial charge >= 0.3 is 5.97 Å². The maximum atomic E-state index is 12.0. The van der Waals surface area contributed by atoms with Gasteiger partial charge in [0.15, 0.2) is 0 Å². The molecule has 1 N–H and O–H groups in total. The molecule has 28 heavy (non-hydrogen) atoms. The average molecular weight is 388 g/mol. The van der Waals surface area contributed by atoms with Crippen LogP contribution in [0.3, 0.4) is 0 Å². The number of benzene rings is 2. The van der Waals surface area contributed by atoms with Crippen LogP contribution in [0.2, 0.25) is 0 Å². The summed E-state index contributed by atoms with van der Waals surface area (Å²) in [4.78, 5) is 18.0. The number of nitrogens with zero attached hydrogens (tertiary/aromatic N) is 1. The van der Waals surface area contributed by atoms with E-state index in [1.54, 1.807) is 0 Å². The molecule has 2 saturated carbocycles. The Morgan fingerprint density at radius 1 is 1.21 bits per heavy atom. The molecule has 0 spiro atoms. The van der Waals surface area contributed by atoms with Gasteiger partial charge in [-0.1, -0.05) is 30.3 Å². The lowest BCUT2D eigenvalue weighted by Crippen LogP contribution is -2.15. The molecule has 0 saturated heterocycles. The molecule has 2 fully saturated rings. The number of aliphatic carboxylic acids is 1. The van der Waals surface area contributed by atoms with Gasteiger partial charge in [-0.05, 0) is 59.9 Å². The van der Waals surface area contributed by atoms with Gasteiger partial charge in [0.25, 0.3) is 0 Å². The number of carboxylic acid groups (broad SMARTS) is 1. The Morgan fingerprint density at radius 3 is 2.79 bits per heavy atom. The van der Waals surface area contributed by atoms with Crippen LogP contribution in [-0.2, 0) is 17.0 Å². The Hall–Kier alpha value is -2.33. The van der Waals surface area contributed by atoms with Gasteiger partial charge in [-0.2, -0.15) is 0 Å². The predicted octanol–water partition coefficient (Wildman–Crippen LogP) is 5.52. The quantitative estimate of drug-likeness (QED) is 0.586. The number of carboxylic acids is 1. The van der Waals surface area contributed by atoms with Gasteiger partial charge < -0.3 is 5.11 Å². The standard InChI is InChI=1S/C24H21NO2S/c26-23(27)24-10-16-8-17-12-25-20(15-6-7-15)9-18(17)22(21(16)19(24)11-24)28-13-14-4-2-1-3-5-14/h1-5,8-9,12,15,19H,6-7,10-11,13H2,(H,26,27). The molecule has 6 rings (SSSR count). The van der Waals surface area contributed by atoms with Crippen molar-refractivity contribution in [3.63, 3.8) is 0 Å². The molecule has 3 aromatic rings. The monoisotopic (exact) mass is 387 g/mol. The van der Waals surface area contributed by atoms with Gasteiger partial charge in [0, 0.05) is 39.8 Å². The van der Waals surface area contributed by atoms with Crippen LogP contribution in [-0.4, -0.2) is 16.1 Å². The summed E-state index contributed by atoms with van der Waals surface area (Å²) in [5, 5.41) is 12.3. The Balaban J connectivity index is 1.49. The number of hydrogen-bond acceptors (Lipinski definition) is 3. The number of carbonyl (C=O) groups is 1. The minimum Gasteiger partial charge on any atom is -0.481 e. The lowest BCUT2D eigenvalue weighted by molar-refractivity contribution is -0.143. The Labute approximate surface area is 168 Å². The maximum absolute atomic E-state index is 12.0. The summed E-state index contributed by atoms with van der Waals surface area (Å²) in [7, 11) is 0. The average Bonchev–Trinajstić information content (AvgIpc) is 3.63. The van der Waals surface area contributed by atoms with Crippen LogP contribution in [0.25, 0.3) is 10.8 Å². The summed E-state index contributed by atoms with van der Waals surface area (Å²) in [5.41, 5.74) is 4.49.